The molecule has 0 fully saturated rings. The Balaban J connectivity index is 1.89. The lowest BCUT2D eigenvalue weighted by Gasteiger charge is -2.15. The number of para-hydroxylation sites is 1. The summed E-state index contributed by atoms with van der Waals surface area (Å²) in [5.41, 5.74) is 0.434. The number of amides is 1. The smallest absolute Gasteiger partial charge is 0.269 e. The van der Waals surface area contributed by atoms with Crippen LogP contribution in [0.25, 0.3) is 0 Å². The fourth-order valence-electron chi connectivity index (χ4n) is 2.26. The van der Waals surface area contributed by atoms with Gasteiger partial charge in [0.1, 0.15) is 5.75 Å². The van der Waals surface area contributed by atoms with Crippen molar-refractivity contribution < 1.29 is 17.9 Å². The molecule has 2 rings (SSSR count). The van der Waals surface area contributed by atoms with Crippen molar-refractivity contribution in [3.05, 3.63) is 29.8 Å². The molecule has 160 valence electrons. The van der Waals surface area contributed by atoms with E-state index in [-0.39, 0.29) is 21.9 Å². The van der Waals surface area contributed by atoms with Gasteiger partial charge < -0.3 is 10.1 Å². The van der Waals surface area contributed by atoms with Gasteiger partial charge in [-0.15, -0.1) is 10.2 Å². The second-order valence-electron chi connectivity index (χ2n) is 7.53. The number of carbonyl (C=O) groups excluding carboxylic acids is 1. The molecule has 1 aromatic heterocycles. The highest BCUT2D eigenvalue weighted by atomic mass is 32.2. The third-order valence-corrected chi connectivity index (χ3v) is 6.55. The Labute approximate surface area is 176 Å². The van der Waals surface area contributed by atoms with Crippen LogP contribution in [0.2, 0.25) is 0 Å². The quantitative estimate of drug-likeness (QED) is 0.433. The standard InChI is InChI=1S/C19H28N4O4S2/c1-5-13-27-15-11-7-6-9-14(15)10-8-12-20-29(25,26)18-23-22-17(28-18)21-16(24)19(2,3)4/h6-7,9,11,20H,5,8,10,12-13H2,1-4H3,(H,21,22,24). The number of hydrogen-bond donors (Lipinski definition) is 2. The van der Waals surface area contributed by atoms with Crippen LogP contribution >= 0.6 is 11.3 Å². The van der Waals surface area contributed by atoms with Gasteiger partial charge in [-0.25, -0.2) is 13.1 Å². The molecule has 8 nitrogen and oxygen atoms in total. The number of aryl methyl sites for hydroxylation is 1. The number of hydrogen-bond acceptors (Lipinski definition) is 7. The van der Waals surface area contributed by atoms with E-state index in [2.05, 4.69) is 20.2 Å². The number of nitrogens with one attached hydrogen (secondary N) is 2. The molecule has 0 atom stereocenters. The van der Waals surface area contributed by atoms with Gasteiger partial charge in [0.15, 0.2) is 0 Å². The predicted molar refractivity (Wildman–Crippen MR) is 114 cm³/mol. The van der Waals surface area contributed by atoms with Gasteiger partial charge in [-0.3, -0.25) is 4.79 Å². The third-order valence-electron chi connectivity index (χ3n) is 3.89. The van der Waals surface area contributed by atoms with E-state index in [0.717, 1.165) is 29.1 Å². The highest BCUT2D eigenvalue weighted by Gasteiger charge is 2.25. The molecular formula is C19H28N4O4S2. The topological polar surface area (TPSA) is 110 Å². The van der Waals surface area contributed by atoms with Crippen molar-refractivity contribution in [2.45, 2.75) is 51.3 Å². The van der Waals surface area contributed by atoms with Gasteiger partial charge >= 0.3 is 0 Å². The predicted octanol–water partition coefficient (Wildman–Crippen LogP) is 3.22. The van der Waals surface area contributed by atoms with Crippen LogP contribution in [0.15, 0.2) is 28.6 Å². The van der Waals surface area contributed by atoms with Crippen LogP contribution in [0.4, 0.5) is 5.13 Å². The lowest BCUT2D eigenvalue weighted by molar-refractivity contribution is -0.123. The Kier molecular flexibility index (Phi) is 8.12. The summed E-state index contributed by atoms with van der Waals surface area (Å²) < 4.78 is 32.9. The minimum atomic E-state index is -3.78. The van der Waals surface area contributed by atoms with Crippen LogP contribution < -0.4 is 14.8 Å². The second kappa shape index (κ2) is 10.1. The Morgan fingerprint density at radius 1 is 1.21 bits per heavy atom. The number of anilines is 1. The van der Waals surface area contributed by atoms with Crippen molar-refractivity contribution in [2.24, 2.45) is 5.41 Å². The SMILES string of the molecule is CCCOc1ccccc1CCCNS(=O)(=O)c1nnc(NC(=O)C(C)(C)C)s1. The van der Waals surface area contributed by atoms with Crippen LogP contribution in [-0.4, -0.2) is 37.7 Å². The van der Waals surface area contributed by atoms with E-state index in [0.29, 0.717) is 19.4 Å². The first-order valence-corrected chi connectivity index (χ1v) is 11.8. The van der Waals surface area contributed by atoms with Crippen LogP contribution in [0, 0.1) is 5.41 Å². The van der Waals surface area contributed by atoms with Crippen molar-refractivity contribution >= 4 is 32.4 Å². The van der Waals surface area contributed by atoms with E-state index in [1.165, 1.54) is 0 Å². The van der Waals surface area contributed by atoms with Gasteiger partial charge in [0.2, 0.25) is 15.4 Å². The summed E-state index contributed by atoms with van der Waals surface area (Å²) in [7, 11) is -3.78. The number of carbonyl (C=O) groups is 1. The molecule has 2 aromatic rings. The summed E-state index contributed by atoms with van der Waals surface area (Å²) in [6.45, 7) is 8.23. The fraction of sp³-hybridized carbons (Fsp3) is 0.526. The third kappa shape index (κ3) is 7.06. The van der Waals surface area contributed by atoms with Crippen molar-refractivity contribution in [2.75, 3.05) is 18.5 Å². The molecule has 1 heterocycles. The van der Waals surface area contributed by atoms with E-state index in [1.807, 2.05) is 31.2 Å². The molecule has 2 N–H and O–H groups in total. The summed E-state index contributed by atoms with van der Waals surface area (Å²) in [6.07, 6.45) is 2.22. The lowest BCUT2D eigenvalue weighted by Crippen LogP contribution is -2.27. The molecule has 0 radical (unpaired) electrons. The maximum atomic E-state index is 12.4. The molecule has 0 unspecified atom stereocenters. The largest absolute Gasteiger partial charge is 0.493 e. The number of ether oxygens (including phenoxy) is 1. The summed E-state index contributed by atoms with van der Waals surface area (Å²) in [6, 6.07) is 7.76. The zero-order chi connectivity index (χ0) is 21.5. The number of rotatable bonds is 10. The van der Waals surface area contributed by atoms with Crippen molar-refractivity contribution in [3.63, 3.8) is 0 Å². The summed E-state index contributed by atoms with van der Waals surface area (Å²) in [5.74, 6) is 0.579. The Morgan fingerprint density at radius 2 is 1.93 bits per heavy atom. The van der Waals surface area contributed by atoms with Gasteiger partial charge in [0.05, 0.1) is 6.61 Å². The van der Waals surface area contributed by atoms with E-state index in [1.54, 1.807) is 20.8 Å². The fourth-order valence-corrected chi connectivity index (χ4v) is 4.27. The summed E-state index contributed by atoms with van der Waals surface area (Å²) >= 11 is 0.826. The zero-order valence-corrected chi connectivity index (χ0v) is 18.8. The zero-order valence-electron chi connectivity index (χ0n) is 17.2. The Bertz CT molecular complexity index is 920. The summed E-state index contributed by atoms with van der Waals surface area (Å²) in [4.78, 5) is 12.0. The van der Waals surface area contributed by atoms with Crippen molar-refractivity contribution in [1.82, 2.24) is 14.9 Å². The normalized spacial score (nSPS) is 12.0. The maximum absolute atomic E-state index is 12.4. The minimum absolute atomic E-state index is 0.160. The molecule has 1 amide bonds. The van der Waals surface area contributed by atoms with E-state index in [9.17, 15) is 13.2 Å². The second-order valence-corrected chi connectivity index (χ2v) is 10.5. The molecule has 0 aliphatic rings. The molecule has 0 aliphatic heterocycles. The van der Waals surface area contributed by atoms with Gasteiger partial charge in [-0.2, -0.15) is 0 Å². The van der Waals surface area contributed by atoms with Gasteiger partial charge in [0, 0.05) is 12.0 Å². The van der Waals surface area contributed by atoms with Crippen molar-refractivity contribution in [3.8, 4) is 5.75 Å². The van der Waals surface area contributed by atoms with Gasteiger partial charge in [-0.05, 0) is 30.9 Å². The average Bonchev–Trinajstić information content (AvgIpc) is 3.13. The minimum Gasteiger partial charge on any atom is -0.493 e. The highest BCUT2D eigenvalue weighted by molar-refractivity contribution is 7.91. The van der Waals surface area contributed by atoms with Gasteiger partial charge in [-0.1, -0.05) is 57.2 Å². The number of nitrogens with zero attached hydrogens (tertiary/aromatic N) is 2. The van der Waals surface area contributed by atoms with Gasteiger partial charge in [0.25, 0.3) is 10.0 Å². The first kappa shape index (κ1) is 23.2. The van der Waals surface area contributed by atoms with Crippen LogP contribution in [0.5, 0.6) is 5.75 Å². The summed E-state index contributed by atoms with van der Waals surface area (Å²) in [5, 5.41) is 10.2. The molecular weight excluding hydrogens is 412 g/mol. The molecule has 29 heavy (non-hydrogen) atoms. The van der Waals surface area contributed by atoms with Crippen LogP contribution in [0.1, 0.15) is 46.1 Å². The Hall–Kier alpha value is -2.04. The Morgan fingerprint density at radius 3 is 2.62 bits per heavy atom. The molecule has 0 spiro atoms. The van der Waals surface area contributed by atoms with Crippen LogP contribution in [0.3, 0.4) is 0 Å². The average molecular weight is 441 g/mol. The van der Waals surface area contributed by atoms with E-state index < -0.39 is 15.4 Å². The lowest BCUT2D eigenvalue weighted by atomic mass is 9.96. The molecule has 1 aromatic carbocycles. The highest BCUT2D eigenvalue weighted by Crippen LogP contribution is 2.23. The van der Waals surface area contributed by atoms with Crippen molar-refractivity contribution in [1.29, 1.82) is 0 Å². The van der Waals surface area contributed by atoms with E-state index in [4.69, 9.17) is 4.74 Å². The molecule has 0 saturated heterocycles. The van der Waals surface area contributed by atoms with Crippen LogP contribution in [-0.2, 0) is 21.2 Å². The first-order valence-electron chi connectivity index (χ1n) is 9.49. The molecule has 10 heteroatoms. The number of aromatic nitrogens is 2. The number of sulfonamides is 1. The molecule has 0 saturated carbocycles. The monoisotopic (exact) mass is 440 g/mol. The maximum Gasteiger partial charge on any atom is 0.269 e. The molecule has 0 aliphatic carbocycles. The first-order chi connectivity index (χ1) is 13.6. The number of benzene rings is 1. The van der Waals surface area contributed by atoms with E-state index >= 15 is 0 Å². The molecule has 0 bridgehead atoms.